The predicted molar refractivity (Wildman–Crippen MR) is 151 cm³/mol. The molecule has 2 aliphatic heterocycles. The number of methoxy groups -OCH3 is 2. The molecule has 0 spiro atoms. The van der Waals surface area contributed by atoms with Crippen LogP contribution in [0.1, 0.15) is 27.0 Å². The number of fused-ring (bicyclic) bond motifs is 1. The molecule has 0 radical (unpaired) electrons. The summed E-state index contributed by atoms with van der Waals surface area (Å²) in [5.74, 6) is -0.0861. The van der Waals surface area contributed by atoms with Crippen molar-refractivity contribution >= 4 is 29.8 Å². The first-order valence-corrected chi connectivity index (χ1v) is 13.1. The molecule has 216 valence electrons. The summed E-state index contributed by atoms with van der Waals surface area (Å²) < 4.78 is 22.0. The molecule has 1 N–H and O–H groups in total. The SMILES string of the molecule is COc1ccc(CN2C(=O)NC(=O)/C(=C/c3c(CCN(C)C(=O)c4ccccc4)cc4c(c3OC)OCO4)C2=O)cc1. The number of carbonyl (C=O) groups is 4. The molecule has 0 aliphatic carbocycles. The molecule has 42 heavy (non-hydrogen) atoms. The van der Waals surface area contributed by atoms with E-state index in [0.717, 1.165) is 4.90 Å². The van der Waals surface area contributed by atoms with Gasteiger partial charge in [-0.3, -0.25) is 24.6 Å². The van der Waals surface area contributed by atoms with E-state index in [2.05, 4.69) is 5.32 Å². The van der Waals surface area contributed by atoms with Crippen molar-refractivity contribution in [2.75, 3.05) is 34.6 Å². The van der Waals surface area contributed by atoms with Crippen LogP contribution in [0, 0.1) is 0 Å². The standard InChI is InChI=1S/C31H29N3O8/c1-33(29(36)20-7-5-4-6-8-20)14-13-21-15-25-27(42-18-41-25)26(40-3)23(21)16-24-28(35)32-31(38)34(30(24)37)17-19-9-11-22(39-2)12-10-19/h4-12,15-16H,13-14,17-18H2,1-3H3,(H,32,35,38)/b24-16-. The Kier molecular flexibility index (Phi) is 8.09. The van der Waals surface area contributed by atoms with Crippen LogP contribution < -0.4 is 24.3 Å². The number of nitrogens with zero attached hydrogens (tertiary/aromatic N) is 2. The second kappa shape index (κ2) is 12.0. The van der Waals surface area contributed by atoms with Gasteiger partial charge in [0.05, 0.1) is 20.8 Å². The molecule has 5 rings (SSSR count). The van der Waals surface area contributed by atoms with Crippen LogP contribution in [0.15, 0.2) is 66.2 Å². The highest BCUT2D eigenvalue weighted by atomic mass is 16.7. The third kappa shape index (κ3) is 5.62. The van der Waals surface area contributed by atoms with Crippen LogP contribution in [-0.4, -0.2) is 68.2 Å². The van der Waals surface area contributed by atoms with Crippen molar-refractivity contribution in [2.24, 2.45) is 0 Å². The van der Waals surface area contributed by atoms with Crippen molar-refractivity contribution in [1.82, 2.24) is 15.1 Å². The lowest BCUT2D eigenvalue weighted by Crippen LogP contribution is -2.53. The van der Waals surface area contributed by atoms with Crippen LogP contribution in [0.5, 0.6) is 23.0 Å². The molecule has 0 unspecified atom stereocenters. The normalized spacial score (nSPS) is 15.1. The van der Waals surface area contributed by atoms with Crippen molar-refractivity contribution in [1.29, 1.82) is 0 Å². The van der Waals surface area contributed by atoms with Crippen molar-refractivity contribution in [3.05, 3.63) is 88.5 Å². The van der Waals surface area contributed by atoms with Crippen LogP contribution >= 0.6 is 0 Å². The summed E-state index contributed by atoms with van der Waals surface area (Å²) in [4.78, 5) is 54.6. The Labute approximate surface area is 242 Å². The number of rotatable bonds is 9. The average Bonchev–Trinajstić information content (AvgIpc) is 3.48. The van der Waals surface area contributed by atoms with E-state index >= 15 is 0 Å². The number of imide groups is 2. The summed E-state index contributed by atoms with van der Waals surface area (Å²) in [6.07, 6.45) is 1.73. The van der Waals surface area contributed by atoms with Gasteiger partial charge in [0.25, 0.3) is 17.7 Å². The van der Waals surface area contributed by atoms with Gasteiger partial charge in [0.15, 0.2) is 11.5 Å². The number of carbonyl (C=O) groups excluding carboxylic acids is 4. The zero-order valence-corrected chi connectivity index (χ0v) is 23.3. The van der Waals surface area contributed by atoms with E-state index in [1.54, 1.807) is 66.5 Å². The van der Waals surface area contributed by atoms with Gasteiger partial charge >= 0.3 is 6.03 Å². The summed E-state index contributed by atoms with van der Waals surface area (Å²) in [7, 11) is 4.67. The molecule has 1 fully saturated rings. The Morgan fingerprint density at radius 3 is 2.45 bits per heavy atom. The van der Waals surface area contributed by atoms with Crippen LogP contribution in [-0.2, 0) is 22.6 Å². The third-order valence-electron chi connectivity index (χ3n) is 7.01. The summed E-state index contributed by atoms with van der Waals surface area (Å²) >= 11 is 0. The number of amides is 5. The summed E-state index contributed by atoms with van der Waals surface area (Å²) in [6, 6.07) is 16.7. The molecule has 3 aromatic rings. The van der Waals surface area contributed by atoms with E-state index < -0.39 is 17.8 Å². The largest absolute Gasteiger partial charge is 0.497 e. The summed E-state index contributed by atoms with van der Waals surface area (Å²) in [5, 5.41) is 2.25. The van der Waals surface area contributed by atoms with Gasteiger partial charge in [-0.05, 0) is 54.0 Å². The van der Waals surface area contributed by atoms with E-state index in [1.165, 1.54) is 20.3 Å². The average molecular weight is 572 g/mol. The fraction of sp³-hybridized carbons (Fsp3) is 0.226. The molecule has 11 heteroatoms. The Balaban J connectivity index is 1.47. The number of ether oxygens (including phenoxy) is 4. The molecule has 0 atom stereocenters. The number of nitrogens with one attached hydrogen (secondary N) is 1. The third-order valence-corrected chi connectivity index (χ3v) is 7.01. The molecule has 1 saturated heterocycles. The van der Waals surface area contributed by atoms with Gasteiger partial charge in [-0.2, -0.15) is 0 Å². The Morgan fingerprint density at radius 2 is 1.76 bits per heavy atom. The molecule has 0 aromatic heterocycles. The number of hydrogen-bond acceptors (Lipinski definition) is 8. The molecular formula is C31H29N3O8. The van der Waals surface area contributed by atoms with E-state index in [9.17, 15) is 19.2 Å². The smallest absolute Gasteiger partial charge is 0.331 e. The molecule has 3 aromatic carbocycles. The van der Waals surface area contributed by atoms with Crippen LogP contribution in [0.2, 0.25) is 0 Å². The predicted octanol–water partition coefficient (Wildman–Crippen LogP) is 3.41. The van der Waals surface area contributed by atoms with Crippen molar-refractivity contribution in [3.63, 3.8) is 0 Å². The lowest BCUT2D eigenvalue weighted by atomic mass is 9.97. The molecule has 0 saturated carbocycles. The van der Waals surface area contributed by atoms with Gasteiger partial charge in [0.1, 0.15) is 11.3 Å². The van der Waals surface area contributed by atoms with E-state index in [0.29, 0.717) is 52.5 Å². The number of urea groups is 1. The second-order valence-corrected chi connectivity index (χ2v) is 9.62. The first kappa shape index (κ1) is 28.2. The zero-order chi connectivity index (χ0) is 29.8. The second-order valence-electron chi connectivity index (χ2n) is 9.62. The Hall–Kier alpha value is -5.32. The monoisotopic (exact) mass is 571 g/mol. The summed E-state index contributed by atoms with van der Waals surface area (Å²) in [5.41, 5.74) is 2.02. The van der Waals surface area contributed by atoms with Gasteiger partial charge in [-0.25, -0.2) is 4.79 Å². The van der Waals surface area contributed by atoms with Crippen molar-refractivity contribution in [2.45, 2.75) is 13.0 Å². The Bertz CT molecular complexity index is 1570. The molecule has 2 heterocycles. The number of likely N-dealkylation sites (N-methyl/N-ethyl adjacent to an activating group) is 1. The van der Waals surface area contributed by atoms with Crippen molar-refractivity contribution in [3.8, 4) is 23.0 Å². The molecule has 11 nitrogen and oxygen atoms in total. The van der Waals surface area contributed by atoms with E-state index in [-0.39, 0.29) is 30.6 Å². The fourth-order valence-electron chi connectivity index (χ4n) is 4.73. The minimum atomic E-state index is -0.835. The number of hydrogen-bond donors (Lipinski definition) is 1. The quantitative estimate of drug-likeness (QED) is 0.306. The zero-order valence-electron chi connectivity index (χ0n) is 23.3. The number of benzene rings is 3. The maximum atomic E-state index is 13.5. The molecular weight excluding hydrogens is 542 g/mol. The summed E-state index contributed by atoms with van der Waals surface area (Å²) in [6.45, 7) is 0.229. The maximum Gasteiger partial charge on any atom is 0.331 e. The highest BCUT2D eigenvalue weighted by Gasteiger charge is 2.37. The topological polar surface area (TPSA) is 124 Å². The highest BCUT2D eigenvalue weighted by molar-refractivity contribution is 6.31. The highest BCUT2D eigenvalue weighted by Crippen LogP contribution is 2.46. The van der Waals surface area contributed by atoms with Gasteiger partial charge in [0, 0.05) is 24.7 Å². The molecule has 5 amide bonds. The molecule has 2 aliphatic rings. The van der Waals surface area contributed by atoms with Gasteiger partial charge < -0.3 is 23.8 Å². The first-order valence-electron chi connectivity index (χ1n) is 13.1. The Morgan fingerprint density at radius 1 is 1.02 bits per heavy atom. The van der Waals surface area contributed by atoms with Gasteiger partial charge in [-0.1, -0.05) is 30.3 Å². The number of barbiturate groups is 1. The lowest BCUT2D eigenvalue weighted by Gasteiger charge is -2.27. The van der Waals surface area contributed by atoms with Crippen molar-refractivity contribution < 1.29 is 38.1 Å². The maximum absolute atomic E-state index is 13.5. The van der Waals surface area contributed by atoms with Crippen LogP contribution in [0.3, 0.4) is 0 Å². The van der Waals surface area contributed by atoms with Crippen LogP contribution in [0.4, 0.5) is 4.79 Å². The van der Waals surface area contributed by atoms with E-state index in [1.807, 2.05) is 6.07 Å². The fourth-order valence-corrected chi connectivity index (χ4v) is 4.73. The minimum absolute atomic E-state index is 0.0267. The minimum Gasteiger partial charge on any atom is -0.497 e. The van der Waals surface area contributed by atoms with E-state index in [4.69, 9.17) is 18.9 Å². The van der Waals surface area contributed by atoms with Crippen LogP contribution in [0.25, 0.3) is 6.08 Å². The van der Waals surface area contributed by atoms with Gasteiger partial charge in [-0.15, -0.1) is 0 Å². The lowest BCUT2D eigenvalue weighted by molar-refractivity contribution is -0.130. The van der Waals surface area contributed by atoms with Gasteiger partial charge in [0.2, 0.25) is 12.5 Å². The first-order chi connectivity index (χ1) is 20.3. The molecule has 0 bridgehead atoms.